The van der Waals surface area contributed by atoms with E-state index in [9.17, 15) is 26.9 Å². The fourth-order valence-electron chi connectivity index (χ4n) is 1.71. The molecule has 12 nitrogen and oxygen atoms in total. The maximum Gasteiger partial charge on any atom is 0.345 e. The average molecular weight is 465 g/mol. The molecule has 0 saturated heterocycles. The van der Waals surface area contributed by atoms with Crippen LogP contribution < -0.4 is 5.32 Å². The standard InChI is InChI=1S/C10H17BrN4O8S2/c1-24(18,19)22-6-3-5-14-10(8(15(16)17)9(11)13-14)12-4-7-23-25(2,20)21/h12H,3-7H2,1-2H3. The molecule has 0 atom stereocenters. The summed E-state index contributed by atoms with van der Waals surface area (Å²) in [5.74, 6) is 0.0355. The number of halogens is 1. The van der Waals surface area contributed by atoms with Gasteiger partial charge in [-0.15, -0.1) is 0 Å². The van der Waals surface area contributed by atoms with E-state index >= 15 is 0 Å². The van der Waals surface area contributed by atoms with Crippen molar-refractivity contribution in [1.29, 1.82) is 0 Å². The van der Waals surface area contributed by atoms with Gasteiger partial charge in [-0.05, 0) is 22.4 Å². The molecule has 0 saturated carbocycles. The Morgan fingerprint density at radius 3 is 2.28 bits per heavy atom. The molecule has 25 heavy (non-hydrogen) atoms. The Labute approximate surface area is 153 Å². The van der Waals surface area contributed by atoms with Crippen molar-refractivity contribution in [3.8, 4) is 0 Å². The van der Waals surface area contributed by atoms with Crippen LogP contribution in [0.15, 0.2) is 4.60 Å². The molecule has 144 valence electrons. The Kier molecular flexibility index (Phi) is 7.73. The molecule has 0 aliphatic heterocycles. The maximum absolute atomic E-state index is 11.2. The highest BCUT2D eigenvalue weighted by Gasteiger charge is 2.26. The second kappa shape index (κ2) is 8.88. The number of nitrogens with zero attached hydrogens (tertiary/aromatic N) is 3. The van der Waals surface area contributed by atoms with Gasteiger partial charge in [0.1, 0.15) is 0 Å². The van der Waals surface area contributed by atoms with Crippen molar-refractivity contribution in [3.63, 3.8) is 0 Å². The van der Waals surface area contributed by atoms with Gasteiger partial charge in [-0.25, -0.2) is 4.68 Å². The van der Waals surface area contributed by atoms with Crippen LogP contribution in [0.4, 0.5) is 11.5 Å². The van der Waals surface area contributed by atoms with Gasteiger partial charge in [-0.3, -0.25) is 18.5 Å². The topological polar surface area (TPSA) is 160 Å². The third kappa shape index (κ3) is 8.08. The third-order valence-corrected chi connectivity index (χ3v) is 4.30. The average Bonchev–Trinajstić information content (AvgIpc) is 2.73. The van der Waals surface area contributed by atoms with Crippen LogP contribution in [0.2, 0.25) is 0 Å². The van der Waals surface area contributed by atoms with Crippen LogP contribution in [-0.2, 0) is 35.1 Å². The summed E-state index contributed by atoms with van der Waals surface area (Å²) in [5.41, 5.74) is -0.330. The molecule has 1 heterocycles. The minimum Gasteiger partial charge on any atom is -0.362 e. The number of aromatic nitrogens is 2. The molecule has 1 aromatic heterocycles. The Balaban J connectivity index is 2.79. The van der Waals surface area contributed by atoms with Crippen molar-refractivity contribution in [2.45, 2.75) is 13.0 Å². The van der Waals surface area contributed by atoms with E-state index in [2.05, 4.69) is 34.7 Å². The van der Waals surface area contributed by atoms with Crippen LogP contribution in [0.3, 0.4) is 0 Å². The number of rotatable bonds is 11. The lowest BCUT2D eigenvalue weighted by Crippen LogP contribution is -2.17. The SMILES string of the molecule is CS(=O)(=O)OCCCn1nc(Br)c([N+](=O)[O-])c1NCCOS(C)(=O)=O. The lowest BCUT2D eigenvalue weighted by Gasteiger charge is -2.09. The van der Waals surface area contributed by atoms with Gasteiger partial charge in [0, 0.05) is 13.1 Å². The first-order chi connectivity index (χ1) is 11.4. The zero-order valence-corrected chi connectivity index (χ0v) is 16.6. The number of aryl methyl sites for hydroxylation is 1. The number of nitrogens with one attached hydrogen (secondary N) is 1. The molecular weight excluding hydrogens is 448 g/mol. The van der Waals surface area contributed by atoms with Crippen LogP contribution >= 0.6 is 15.9 Å². The van der Waals surface area contributed by atoms with E-state index in [0.717, 1.165) is 12.5 Å². The highest BCUT2D eigenvalue weighted by molar-refractivity contribution is 9.10. The molecular formula is C10H17BrN4O8S2. The van der Waals surface area contributed by atoms with E-state index in [1.54, 1.807) is 0 Å². The zero-order valence-electron chi connectivity index (χ0n) is 13.3. The largest absolute Gasteiger partial charge is 0.362 e. The summed E-state index contributed by atoms with van der Waals surface area (Å²) in [6, 6.07) is 0. The molecule has 15 heteroatoms. The minimum absolute atomic E-state index is 0.0203. The predicted molar refractivity (Wildman–Crippen MR) is 91.3 cm³/mol. The number of anilines is 1. The molecule has 1 N–H and O–H groups in total. The summed E-state index contributed by atoms with van der Waals surface area (Å²) in [5, 5.41) is 17.8. The molecule has 0 radical (unpaired) electrons. The van der Waals surface area contributed by atoms with E-state index in [4.69, 9.17) is 0 Å². The van der Waals surface area contributed by atoms with Crippen molar-refractivity contribution in [3.05, 3.63) is 14.7 Å². The first kappa shape index (κ1) is 21.8. The Bertz CT molecular complexity index is 820. The van der Waals surface area contributed by atoms with Crippen molar-refractivity contribution in [1.82, 2.24) is 9.78 Å². The van der Waals surface area contributed by atoms with E-state index in [0.29, 0.717) is 0 Å². The molecule has 0 unspecified atom stereocenters. The van der Waals surface area contributed by atoms with Crippen LogP contribution in [0.25, 0.3) is 0 Å². The van der Waals surface area contributed by atoms with Gasteiger partial charge in [-0.1, -0.05) is 0 Å². The fourth-order valence-corrected chi connectivity index (χ4v) is 3.04. The summed E-state index contributed by atoms with van der Waals surface area (Å²) in [6.07, 6.45) is 2.03. The molecule has 1 rings (SSSR count). The lowest BCUT2D eigenvalue weighted by molar-refractivity contribution is -0.384. The Hall–Kier alpha value is -1.29. The third-order valence-electron chi connectivity index (χ3n) is 2.57. The van der Waals surface area contributed by atoms with E-state index in [1.807, 2.05) is 0 Å². The van der Waals surface area contributed by atoms with Gasteiger partial charge < -0.3 is 5.32 Å². The molecule has 0 fully saturated rings. The van der Waals surface area contributed by atoms with Crippen molar-refractivity contribution >= 4 is 47.7 Å². The highest BCUT2D eigenvalue weighted by atomic mass is 79.9. The summed E-state index contributed by atoms with van der Waals surface area (Å²) in [6.45, 7) is -0.222. The van der Waals surface area contributed by atoms with Crippen LogP contribution in [-0.4, -0.2) is 63.8 Å². The first-order valence-corrected chi connectivity index (χ1v) is 11.2. The van der Waals surface area contributed by atoms with Crippen molar-refractivity contribution in [2.75, 3.05) is 37.6 Å². The van der Waals surface area contributed by atoms with Gasteiger partial charge in [-0.2, -0.15) is 21.9 Å². The van der Waals surface area contributed by atoms with E-state index < -0.39 is 25.2 Å². The Morgan fingerprint density at radius 1 is 1.20 bits per heavy atom. The smallest absolute Gasteiger partial charge is 0.345 e. The molecule has 0 amide bonds. The van der Waals surface area contributed by atoms with E-state index in [1.165, 1.54) is 4.68 Å². The minimum atomic E-state index is -3.62. The highest BCUT2D eigenvalue weighted by Crippen LogP contribution is 2.32. The second-order valence-corrected chi connectivity index (χ2v) is 8.84. The van der Waals surface area contributed by atoms with Gasteiger partial charge in [0.05, 0.1) is 30.6 Å². The first-order valence-electron chi connectivity index (χ1n) is 6.74. The van der Waals surface area contributed by atoms with Crippen molar-refractivity contribution in [2.24, 2.45) is 0 Å². The van der Waals surface area contributed by atoms with Gasteiger partial charge >= 0.3 is 5.69 Å². The normalized spacial score (nSPS) is 12.3. The van der Waals surface area contributed by atoms with Crippen LogP contribution in [0.1, 0.15) is 6.42 Å². The molecule has 0 spiro atoms. The predicted octanol–water partition coefficient (Wildman–Crippen LogP) is 0.308. The Morgan fingerprint density at radius 2 is 1.76 bits per heavy atom. The van der Waals surface area contributed by atoms with E-state index in [-0.39, 0.29) is 48.8 Å². The van der Waals surface area contributed by atoms with Gasteiger partial charge in [0.2, 0.25) is 10.4 Å². The molecule has 1 aromatic rings. The lowest BCUT2D eigenvalue weighted by atomic mass is 10.4. The zero-order chi connectivity index (χ0) is 19.3. The number of hydrogen-bond donors (Lipinski definition) is 1. The van der Waals surface area contributed by atoms with Gasteiger partial charge in [0.25, 0.3) is 20.2 Å². The summed E-state index contributed by atoms with van der Waals surface area (Å²) >= 11 is 2.98. The number of hydrogen-bond acceptors (Lipinski definition) is 10. The molecule has 0 aliphatic carbocycles. The van der Waals surface area contributed by atoms with Gasteiger partial charge in [0.15, 0.2) is 0 Å². The molecule has 0 aliphatic rings. The summed E-state index contributed by atoms with van der Waals surface area (Å²) in [4.78, 5) is 10.5. The van der Waals surface area contributed by atoms with Crippen LogP contribution in [0.5, 0.6) is 0 Å². The second-order valence-electron chi connectivity index (χ2n) is 4.80. The molecule has 0 bridgehead atoms. The maximum atomic E-state index is 11.2. The fraction of sp³-hybridized carbons (Fsp3) is 0.700. The van der Waals surface area contributed by atoms with Crippen molar-refractivity contribution < 1.29 is 30.1 Å². The summed E-state index contributed by atoms with van der Waals surface area (Å²) in [7, 11) is -7.19. The van der Waals surface area contributed by atoms with Crippen LogP contribution in [0, 0.1) is 10.1 Å². The number of nitro groups is 1. The molecule has 0 aromatic carbocycles. The summed E-state index contributed by atoms with van der Waals surface area (Å²) < 4.78 is 54.0. The quantitative estimate of drug-likeness (QED) is 0.208. The monoisotopic (exact) mass is 464 g/mol.